The minimum absolute atomic E-state index is 0.199. The zero-order valence-electron chi connectivity index (χ0n) is 13.6. The van der Waals surface area contributed by atoms with Crippen LogP contribution in [0.2, 0.25) is 10.0 Å². The molecule has 0 fully saturated rings. The van der Waals surface area contributed by atoms with E-state index in [9.17, 15) is 9.59 Å². The van der Waals surface area contributed by atoms with Crippen molar-refractivity contribution in [3.63, 3.8) is 0 Å². The number of hydrogen-bond donors (Lipinski definition) is 2. The Hall–Kier alpha value is -2.44. The second-order valence-electron chi connectivity index (χ2n) is 5.05. The summed E-state index contributed by atoms with van der Waals surface area (Å²) in [6, 6.07) is 9.64. The molecule has 0 aliphatic carbocycles. The molecular weight excluding hydrogens is 367 g/mol. The number of nitrogens with one attached hydrogen (secondary N) is 2. The van der Waals surface area contributed by atoms with Crippen LogP contribution in [-0.2, 0) is 4.79 Å². The van der Waals surface area contributed by atoms with Crippen LogP contribution in [0, 0.1) is 6.92 Å². The molecule has 0 aliphatic rings. The molecule has 132 valence electrons. The Morgan fingerprint density at radius 3 is 2.52 bits per heavy atom. The maximum absolute atomic E-state index is 12.1. The minimum atomic E-state index is -0.560. The molecule has 0 saturated carbocycles. The van der Waals surface area contributed by atoms with Crippen molar-refractivity contribution >= 4 is 35.0 Å². The second kappa shape index (κ2) is 8.60. The fraction of sp³-hybridized carbons (Fsp3) is 0.176. The van der Waals surface area contributed by atoms with Crippen LogP contribution in [0.25, 0.3) is 0 Å². The summed E-state index contributed by atoms with van der Waals surface area (Å²) in [5.74, 6) is -0.249. The third-order valence-electron chi connectivity index (χ3n) is 3.22. The zero-order chi connectivity index (χ0) is 18.4. The number of methoxy groups -OCH3 is 1. The molecular formula is C17H16Cl2N2O4. The molecule has 0 atom stereocenters. The number of benzene rings is 2. The number of ether oxygens (including phenoxy) is 2. The predicted molar refractivity (Wildman–Crippen MR) is 95.3 cm³/mol. The van der Waals surface area contributed by atoms with E-state index in [4.69, 9.17) is 32.7 Å². The number of carbonyl (C=O) groups excluding carboxylic acids is 2. The lowest BCUT2D eigenvalue weighted by Crippen LogP contribution is -2.43. The normalized spacial score (nSPS) is 10.1. The van der Waals surface area contributed by atoms with Gasteiger partial charge in [-0.2, -0.15) is 0 Å². The molecule has 0 unspecified atom stereocenters. The molecule has 2 rings (SSSR count). The highest BCUT2D eigenvalue weighted by Gasteiger charge is 2.14. The Balaban J connectivity index is 1.88. The minimum Gasteiger partial charge on any atom is -0.496 e. The molecule has 2 aromatic carbocycles. The van der Waals surface area contributed by atoms with Gasteiger partial charge in [-0.15, -0.1) is 0 Å². The molecule has 0 bridgehead atoms. The Morgan fingerprint density at radius 2 is 1.84 bits per heavy atom. The van der Waals surface area contributed by atoms with Crippen molar-refractivity contribution in [2.75, 3.05) is 13.7 Å². The molecule has 25 heavy (non-hydrogen) atoms. The van der Waals surface area contributed by atoms with E-state index in [2.05, 4.69) is 10.9 Å². The van der Waals surface area contributed by atoms with Gasteiger partial charge in [-0.1, -0.05) is 23.2 Å². The maximum atomic E-state index is 12.1. The van der Waals surface area contributed by atoms with Gasteiger partial charge >= 0.3 is 0 Å². The van der Waals surface area contributed by atoms with Crippen molar-refractivity contribution in [2.24, 2.45) is 0 Å². The average Bonchev–Trinajstić information content (AvgIpc) is 2.60. The molecule has 0 aliphatic heterocycles. The quantitative estimate of drug-likeness (QED) is 0.778. The van der Waals surface area contributed by atoms with Crippen LogP contribution in [0.4, 0.5) is 0 Å². The summed E-state index contributed by atoms with van der Waals surface area (Å²) in [5, 5.41) is 0.984. The number of hydrazine groups is 1. The van der Waals surface area contributed by atoms with E-state index in [0.29, 0.717) is 21.5 Å². The lowest BCUT2D eigenvalue weighted by atomic mass is 10.2. The fourth-order valence-electron chi connectivity index (χ4n) is 1.94. The van der Waals surface area contributed by atoms with Gasteiger partial charge < -0.3 is 9.47 Å². The number of hydrogen-bond acceptors (Lipinski definition) is 4. The number of aryl methyl sites for hydroxylation is 1. The average molecular weight is 383 g/mol. The summed E-state index contributed by atoms with van der Waals surface area (Å²) in [6.45, 7) is 1.56. The first-order valence-electron chi connectivity index (χ1n) is 7.22. The van der Waals surface area contributed by atoms with Crippen molar-refractivity contribution in [3.8, 4) is 11.5 Å². The summed E-state index contributed by atoms with van der Waals surface area (Å²) in [7, 11) is 1.43. The van der Waals surface area contributed by atoms with E-state index in [1.807, 2.05) is 6.92 Å². The predicted octanol–water partition coefficient (Wildman–Crippen LogP) is 3.15. The van der Waals surface area contributed by atoms with Crippen molar-refractivity contribution in [1.29, 1.82) is 0 Å². The highest BCUT2D eigenvalue weighted by molar-refractivity contribution is 6.31. The van der Waals surface area contributed by atoms with Crippen LogP contribution in [0.3, 0.4) is 0 Å². The van der Waals surface area contributed by atoms with Crippen molar-refractivity contribution in [2.45, 2.75) is 6.92 Å². The van der Waals surface area contributed by atoms with E-state index in [1.54, 1.807) is 30.3 Å². The summed E-state index contributed by atoms with van der Waals surface area (Å²) in [5.41, 5.74) is 5.57. The van der Waals surface area contributed by atoms with Crippen molar-refractivity contribution in [3.05, 3.63) is 57.6 Å². The van der Waals surface area contributed by atoms with Crippen LogP contribution in [0.15, 0.2) is 36.4 Å². The molecule has 2 amide bonds. The fourth-order valence-corrected chi connectivity index (χ4v) is 2.23. The number of carbonyl (C=O) groups is 2. The molecule has 0 heterocycles. The van der Waals surface area contributed by atoms with Crippen LogP contribution < -0.4 is 20.3 Å². The lowest BCUT2D eigenvalue weighted by molar-refractivity contribution is -0.123. The lowest BCUT2D eigenvalue weighted by Gasteiger charge is -2.11. The molecule has 0 saturated heterocycles. The maximum Gasteiger partial charge on any atom is 0.276 e. The van der Waals surface area contributed by atoms with Crippen LogP contribution >= 0.6 is 23.2 Å². The smallest absolute Gasteiger partial charge is 0.276 e. The van der Waals surface area contributed by atoms with E-state index < -0.39 is 11.8 Å². The molecule has 2 N–H and O–H groups in total. The Morgan fingerprint density at radius 1 is 1.08 bits per heavy atom. The molecule has 2 aromatic rings. The van der Waals surface area contributed by atoms with Crippen molar-refractivity contribution < 1.29 is 19.1 Å². The molecule has 6 nitrogen and oxygen atoms in total. The highest BCUT2D eigenvalue weighted by Crippen LogP contribution is 2.22. The standard InChI is InChI=1S/C17H16Cl2N2O4/c1-10-7-12(4-5-14(10)19)25-9-16(22)20-21-17(23)13-8-11(18)3-6-15(13)24-2/h3-8H,9H2,1-2H3,(H,20,22)(H,21,23). The highest BCUT2D eigenvalue weighted by atomic mass is 35.5. The molecule has 0 radical (unpaired) electrons. The SMILES string of the molecule is COc1ccc(Cl)cc1C(=O)NNC(=O)COc1ccc(Cl)c(C)c1. The van der Waals surface area contributed by atoms with Gasteiger partial charge in [0.2, 0.25) is 0 Å². The topological polar surface area (TPSA) is 76.7 Å². The Labute approximate surface area is 155 Å². The van der Waals surface area contributed by atoms with E-state index in [0.717, 1.165) is 5.56 Å². The van der Waals surface area contributed by atoms with Crippen LogP contribution in [0.5, 0.6) is 11.5 Å². The van der Waals surface area contributed by atoms with Gasteiger partial charge in [0, 0.05) is 10.0 Å². The van der Waals surface area contributed by atoms with E-state index >= 15 is 0 Å². The van der Waals surface area contributed by atoms with E-state index in [1.165, 1.54) is 13.2 Å². The molecule has 8 heteroatoms. The van der Waals surface area contributed by atoms with Gasteiger partial charge in [-0.05, 0) is 48.9 Å². The van der Waals surface area contributed by atoms with Gasteiger partial charge in [-0.3, -0.25) is 20.4 Å². The number of amides is 2. The number of halogens is 2. The first-order valence-corrected chi connectivity index (χ1v) is 7.98. The largest absolute Gasteiger partial charge is 0.496 e. The van der Waals surface area contributed by atoms with Gasteiger partial charge in [0.15, 0.2) is 6.61 Å². The summed E-state index contributed by atoms with van der Waals surface area (Å²) in [6.07, 6.45) is 0. The molecule has 0 aromatic heterocycles. The summed E-state index contributed by atoms with van der Waals surface area (Å²) >= 11 is 11.8. The number of rotatable bonds is 5. The summed E-state index contributed by atoms with van der Waals surface area (Å²) in [4.78, 5) is 23.9. The zero-order valence-corrected chi connectivity index (χ0v) is 15.1. The van der Waals surface area contributed by atoms with Gasteiger partial charge in [0.1, 0.15) is 11.5 Å². The van der Waals surface area contributed by atoms with E-state index in [-0.39, 0.29) is 12.2 Å². The van der Waals surface area contributed by atoms with Gasteiger partial charge in [0.05, 0.1) is 12.7 Å². The Bertz CT molecular complexity index is 796. The summed E-state index contributed by atoms with van der Waals surface area (Å²) < 4.78 is 10.4. The molecule has 0 spiro atoms. The second-order valence-corrected chi connectivity index (χ2v) is 5.89. The van der Waals surface area contributed by atoms with Crippen molar-refractivity contribution in [1.82, 2.24) is 10.9 Å². The third-order valence-corrected chi connectivity index (χ3v) is 3.88. The van der Waals surface area contributed by atoms with Crippen LogP contribution in [0.1, 0.15) is 15.9 Å². The first-order chi connectivity index (χ1) is 11.9. The Kier molecular flexibility index (Phi) is 6.50. The van der Waals surface area contributed by atoms with Gasteiger partial charge in [0.25, 0.3) is 11.8 Å². The van der Waals surface area contributed by atoms with Crippen LogP contribution in [-0.4, -0.2) is 25.5 Å². The van der Waals surface area contributed by atoms with Gasteiger partial charge in [-0.25, -0.2) is 0 Å². The first kappa shape index (κ1) is 18.9. The monoisotopic (exact) mass is 382 g/mol. The third kappa shape index (κ3) is 5.27.